The quantitative estimate of drug-likeness (QED) is 0.118. The molecule has 0 bridgehead atoms. The lowest BCUT2D eigenvalue weighted by atomic mass is 10.2. The number of fused-ring (bicyclic) bond motifs is 2. The summed E-state index contributed by atoms with van der Waals surface area (Å²) in [6.45, 7) is -9.05. The van der Waals surface area contributed by atoms with Gasteiger partial charge in [-0.1, -0.05) is 36.1 Å². The van der Waals surface area contributed by atoms with Crippen molar-refractivity contribution >= 4 is 77.7 Å². The van der Waals surface area contributed by atoms with Crippen molar-refractivity contribution in [2.75, 3.05) is 18.9 Å². The first-order chi connectivity index (χ1) is 20.8. The smallest absolute Gasteiger partial charge is 0.382 e. The van der Waals surface area contributed by atoms with E-state index in [1.54, 1.807) is 0 Å². The van der Waals surface area contributed by atoms with E-state index in [0.29, 0.717) is 5.52 Å². The van der Waals surface area contributed by atoms with Crippen LogP contribution in [-0.2, 0) is 32.2 Å². The highest BCUT2D eigenvalue weighted by Gasteiger charge is 2.44. The van der Waals surface area contributed by atoms with Gasteiger partial charge in [0, 0.05) is 19.0 Å². The lowest BCUT2D eigenvalue weighted by molar-refractivity contribution is -0.0468. The number of nitrogens with two attached hydrogens (primary N) is 1. The lowest BCUT2D eigenvalue weighted by Gasteiger charge is -2.24. The average molecular weight is 713 g/mol. The van der Waals surface area contributed by atoms with Crippen LogP contribution in [0, 0.1) is 0 Å². The summed E-state index contributed by atoms with van der Waals surface area (Å²) in [5.74, 6) is 0.131. The van der Waals surface area contributed by atoms with Crippen molar-refractivity contribution in [1.29, 1.82) is 0 Å². The molecule has 0 spiro atoms. The molecule has 4 aromatic rings. The van der Waals surface area contributed by atoms with Gasteiger partial charge in [-0.3, -0.25) is 22.9 Å². The summed E-state index contributed by atoms with van der Waals surface area (Å²) < 4.78 is 70.7. The van der Waals surface area contributed by atoms with Crippen LogP contribution in [0.2, 0.25) is 5.02 Å². The van der Waals surface area contributed by atoms with Crippen LogP contribution in [0.4, 0.5) is 10.2 Å². The number of nitrogens with zero attached hydrogens (tertiary/aromatic N) is 6. The number of alkyl halides is 1. The molecular formula is C21H24ClFN8O9P2S2. The summed E-state index contributed by atoms with van der Waals surface area (Å²) in [4.78, 5) is 40.5. The first kappa shape index (κ1) is 31.9. The van der Waals surface area contributed by atoms with Crippen molar-refractivity contribution in [2.24, 2.45) is 0 Å². The second kappa shape index (κ2) is 12.3. The summed E-state index contributed by atoms with van der Waals surface area (Å²) in [6.07, 6.45) is -1.45. The van der Waals surface area contributed by atoms with E-state index < -0.39 is 56.1 Å². The molecule has 23 heteroatoms. The number of hydrogen-bond donors (Lipinski definition) is 5. The van der Waals surface area contributed by atoms with Gasteiger partial charge in [0.05, 0.1) is 43.1 Å². The number of nitrogen functional groups attached to an aromatic ring is 1. The number of thiol groups is 2. The van der Waals surface area contributed by atoms with Crippen LogP contribution in [0.3, 0.4) is 0 Å². The van der Waals surface area contributed by atoms with E-state index in [1.165, 1.54) is 34.3 Å². The molecule has 2 aliphatic rings. The molecule has 17 nitrogen and oxygen atoms in total. The first-order valence-electron chi connectivity index (χ1n) is 12.8. The van der Waals surface area contributed by atoms with Crippen LogP contribution < -0.4 is 11.3 Å². The van der Waals surface area contributed by atoms with Gasteiger partial charge in [0.25, 0.3) is 5.56 Å². The van der Waals surface area contributed by atoms with Gasteiger partial charge in [-0.15, -0.1) is 0 Å². The van der Waals surface area contributed by atoms with Crippen LogP contribution in [0.25, 0.3) is 22.2 Å². The van der Waals surface area contributed by atoms with Crippen molar-refractivity contribution in [1.82, 2.24) is 34.1 Å². The summed E-state index contributed by atoms with van der Waals surface area (Å²) in [6, 6.07) is 0. The Morgan fingerprint density at radius 2 is 1.82 bits per heavy atom. The Labute approximate surface area is 261 Å². The molecule has 44 heavy (non-hydrogen) atoms. The van der Waals surface area contributed by atoms with E-state index in [9.17, 15) is 18.8 Å². The van der Waals surface area contributed by atoms with E-state index in [-0.39, 0.29) is 53.6 Å². The predicted molar refractivity (Wildman–Crippen MR) is 159 cm³/mol. The number of ether oxygens (including phenoxy) is 2. The number of H-pyrrole nitrogens is 1. The van der Waals surface area contributed by atoms with E-state index >= 15 is 4.39 Å². The van der Waals surface area contributed by atoms with Gasteiger partial charge in [-0.2, -0.15) is 0 Å². The molecule has 0 amide bonds. The van der Waals surface area contributed by atoms with Crippen molar-refractivity contribution in [2.45, 2.75) is 49.8 Å². The second-order valence-electron chi connectivity index (χ2n) is 9.88. The molecule has 2 aliphatic heterocycles. The van der Waals surface area contributed by atoms with Crippen molar-refractivity contribution in [3.05, 3.63) is 40.6 Å². The largest absolute Gasteiger partial charge is 0.386 e. The second-order valence-corrected chi connectivity index (χ2v) is 15.9. The van der Waals surface area contributed by atoms with Gasteiger partial charge >= 0.3 is 13.6 Å². The first-order valence-corrected chi connectivity index (χ1v) is 18.6. The van der Waals surface area contributed by atoms with Crippen molar-refractivity contribution in [3.63, 3.8) is 0 Å². The number of nitrogens with one attached hydrogen (secondary N) is 1. The van der Waals surface area contributed by atoms with E-state index in [0.717, 1.165) is 0 Å². The minimum absolute atomic E-state index is 0.0138. The van der Waals surface area contributed by atoms with Gasteiger partial charge in [0.15, 0.2) is 29.6 Å². The fourth-order valence-corrected chi connectivity index (χ4v) is 7.42. The topological polar surface area (TPSA) is 221 Å². The SMILES string of the molecule is Nc1ncnc2c1ncn2[C@@H]1OC(COP(=O)(S)O[C@@H]2C[C@@H](COP(=O)(O)S)O[C@H]2n2cc(Cl)c3c(=O)[nH]cnc32)C[C@H]1F. The Kier molecular flexibility index (Phi) is 8.88. The third kappa shape index (κ3) is 6.57. The fourth-order valence-electron chi connectivity index (χ4n) is 5.07. The highest BCUT2D eigenvalue weighted by Crippen LogP contribution is 2.57. The zero-order chi connectivity index (χ0) is 31.4. The minimum atomic E-state index is -4.18. The molecule has 8 atom stereocenters. The number of hydrogen-bond acceptors (Lipinski definition) is 13. The maximum Gasteiger partial charge on any atom is 0.386 e. The van der Waals surface area contributed by atoms with Gasteiger partial charge in [-0.25, -0.2) is 33.5 Å². The molecule has 0 aliphatic carbocycles. The summed E-state index contributed by atoms with van der Waals surface area (Å²) >= 11 is 13.9. The fraction of sp³-hybridized carbons (Fsp3) is 0.476. The zero-order valence-electron chi connectivity index (χ0n) is 22.1. The molecule has 2 saturated heterocycles. The van der Waals surface area contributed by atoms with Crippen LogP contribution in [0.1, 0.15) is 25.3 Å². The van der Waals surface area contributed by atoms with E-state index in [2.05, 4.69) is 49.4 Å². The molecule has 238 valence electrons. The molecule has 6 heterocycles. The van der Waals surface area contributed by atoms with Gasteiger partial charge in [-0.05, 0) is 0 Å². The van der Waals surface area contributed by atoms with Crippen LogP contribution in [0.15, 0.2) is 30.0 Å². The number of anilines is 1. The van der Waals surface area contributed by atoms with E-state index in [1.807, 2.05) is 0 Å². The molecule has 4 N–H and O–H groups in total. The Morgan fingerprint density at radius 3 is 2.59 bits per heavy atom. The number of aromatic nitrogens is 7. The summed E-state index contributed by atoms with van der Waals surface area (Å²) in [5, 5.41) is 0.135. The van der Waals surface area contributed by atoms with Crippen LogP contribution in [-0.4, -0.2) is 76.6 Å². The maximum absolute atomic E-state index is 15.0. The number of halogens is 2. The third-order valence-corrected chi connectivity index (χ3v) is 9.66. The number of rotatable bonds is 10. The van der Waals surface area contributed by atoms with Gasteiger partial charge < -0.3 is 29.7 Å². The Hall–Kier alpha value is -2.09. The molecule has 2 fully saturated rings. The maximum atomic E-state index is 15.0. The number of imidazole rings is 1. The van der Waals surface area contributed by atoms with Crippen LogP contribution >= 0.6 is 49.7 Å². The summed E-state index contributed by atoms with van der Waals surface area (Å²) in [7, 11) is 0. The highest BCUT2D eigenvalue weighted by atomic mass is 35.5. The van der Waals surface area contributed by atoms with Crippen molar-refractivity contribution in [3.8, 4) is 0 Å². The lowest BCUT2D eigenvalue weighted by Crippen LogP contribution is -2.23. The summed E-state index contributed by atoms with van der Waals surface area (Å²) in [5.41, 5.74) is 6.02. The third-order valence-electron chi connectivity index (χ3n) is 6.90. The molecule has 0 aromatic carbocycles. The molecule has 6 rings (SSSR count). The van der Waals surface area contributed by atoms with Crippen molar-refractivity contribution < 1.29 is 41.5 Å². The Balaban J connectivity index is 1.16. The monoisotopic (exact) mass is 712 g/mol. The standard InChI is InChI=1S/C21H24ClFN8O9P2S2/c22-11-3-30(17-14(11)19(32)28-7-26-17)21-13(2-10(39-21)4-36-41(33,34)43)40-42(35,44)37-5-9-1-12(23)20(38-9)31-8-29-15-16(24)25-6-27-18(15)31/h3,6-10,12-13,20-21H,1-2,4-5H2,(H,35,44)(H2,24,25,27)(H,26,28,32)(H2,33,34,43)/t9?,10-,12+,13+,20+,21+,42?/m0/s1. The van der Waals surface area contributed by atoms with Gasteiger partial charge in [0.2, 0.25) is 0 Å². The van der Waals surface area contributed by atoms with E-state index in [4.69, 9.17) is 40.4 Å². The normalized spacial score (nSPS) is 28.5. The average Bonchev–Trinajstić information content (AvgIpc) is 3.71. The predicted octanol–water partition coefficient (Wildman–Crippen LogP) is 3.20. The molecule has 4 aromatic heterocycles. The Morgan fingerprint density at radius 1 is 1.09 bits per heavy atom. The molecule has 0 saturated carbocycles. The minimum Gasteiger partial charge on any atom is -0.382 e. The van der Waals surface area contributed by atoms with Crippen LogP contribution in [0.5, 0.6) is 0 Å². The Bertz CT molecular complexity index is 1860. The number of aromatic amines is 1. The van der Waals surface area contributed by atoms with Gasteiger partial charge in [0.1, 0.15) is 29.5 Å². The highest BCUT2D eigenvalue weighted by molar-refractivity contribution is 8.44. The molecule has 0 radical (unpaired) electrons. The molecular weight excluding hydrogens is 689 g/mol. The zero-order valence-corrected chi connectivity index (χ0v) is 26.5. The molecule has 3 unspecified atom stereocenters.